The number of aliphatic imine (C=N–C) groups is 1. The number of nitrogens with zero attached hydrogens (tertiary/aromatic N) is 1. The van der Waals surface area contributed by atoms with Crippen LogP contribution in [0.15, 0.2) is 209 Å². The van der Waals surface area contributed by atoms with E-state index < -0.39 is 0 Å². The van der Waals surface area contributed by atoms with E-state index in [9.17, 15) is 0 Å². The lowest BCUT2D eigenvalue weighted by atomic mass is 9.74. The maximum absolute atomic E-state index is 6.48. The Morgan fingerprint density at radius 1 is 0.881 bits per heavy atom. The molecule has 0 spiro atoms. The molecule has 0 radical (unpaired) electrons. The highest BCUT2D eigenvalue weighted by Crippen LogP contribution is 2.54. The summed E-state index contributed by atoms with van der Waals surface area (Å²) in [5.41, 5.74) is 13.1. The van der Waals surface area contributed by atoms with Gasteiger partial charge in [0.1, 0.15) is 11.5 Å². The molecule has 3 heteroatoms. The monoisotopic (exact) mass is 799 g/mol. The molecule has 2 aromatic rings. The molecule has 0 bridgehead atoms. The summed E-state index contributed by atoms with van der Waals surface area (Å²) < 4.78 is 6.48. The van der Waals surface area contributed by atoms with Crippen LogP contribution < -0.4 is 0 Å². The van der Waals surface area contributed by atoms with E-state index in [-0.39, 0.29) is 10.8 Å². The predicted molar refractivity (Wildman–Crippen MR) is 262 cm³/mol. The lowest BCUT2D eigenvalue weighted by Crippen LogP contribution is -2.19. The Kier molecular flexibility index (Phi) is 16.1. The van der Waals surface area contributed by atoms with Crippen molar-refractivity contribution < 1.29 is 4.74 Å². The van der Waals surface area contributed by atoms with Gasteiger partial charge in [0.05, 0.1) is 5.71 Å². The number of aryl methyl sites for hydroxylation is 1. The van der Waals surface area contributed by atoms with Crippen molar-refractivity contribution in [3.8, 4) is 11.1 Å². The molecule has 0 fully saturated rings. The highest BCUT2D eigenvalue weighted by atomic mass is 32.2. The average molecular weight is 800 g/mol. The zero-order valence-electron chi connectivity index (χ0n) is 37.3. The van der Waals surface area contributed by atoms with Crippen LogP contribution in [0.4, 0.5) is 0 Å². The van der Waals surface area contributed by atoms with Gasteiger partial charge in [-0.2, -0.15) is 0 Å². The number of rotatable bonds is 10. The zero-order chi connectivity index (χ0) is 43.5. The van der Waals surface area contributed by atoms with Crippen molar-refractivity contribution in [1.29, 1.82) is 0 Å². The van der Waals surface area contributed by atoms with Crippen LogP contribution in [-0.4, -0.2) is 5.71 Å². The molecule has 2 nitrogen and oxygen atoms in total. The highest BCUT2D eigenvalue weighted by molar-refractivity contribution is 8.03. The molecule has 0 N–H and O–H groups in total. The van der Waals surface area contributed by atoms with Gasteiger partial charge in [-0.1, -0.05) is 191 Å². The van der Waals surface area contributed by atoms with E-state index in [1.54, 1.807) is 12.3 Å². The molecule has 5 rings (SSSR count). The van der Waals surface area contributed by atoms with E-state index in [2.05, 4.69) is 163 Å². The van der Waals surface area contributed by atoms with Gasteiger partial charge in [0.25, 0.3) is 0 Å². The van der Waals surface area contributed by atoms with Gasteiger partial charge in [-0.3, -0.25) is 4.99 Å². The molecule has 0 saturated carbocycles. The van der Waals surface area contributed by atoms with Crippen LogP contribution in [-0.2, 0) is 10.2 Å². The third-order valence-electron chi connectivity index (χ3n) is 10.8. The molecule has 1 aliphatic heterocycles. The van der Waals surface area contributed by atoms with Gasteiger partial charge < -0.3 is 4.74 Å². The van der Waals surface area contributed by atoms with Gasteiger partial charge in [-0.25, -0.2) is 0 Å². The fourth-order valence-corrected chi connectivity index (χ4v) is 8.30. The normalized spacial score (nSPS) is 21.3. The van der Waals surface area contributed by atoms with Crippen LogP contribution in [0.1, 0.15) is 97.4 Å². The van der Waals surface area contributed by atoms with Crippen LogP contribution in [0.2, 0.25) is 0 Å². The SMILES string of the molecule is C=C\C=C/N=C(\C=C\C=C1/OC(=C)/C2=C(\C=C/C1=C)C(C)(C)C(=C)/C=C\C=C/C2)c1ccc2c(c1)C(C)(C)c1ccc(C)c(SC(/C=C\C=C)=C(/C)CC)c1-2.CC(C)C. The molecule has 1 heterocycles. The minimum Gasteiger partial charge on any atom is -0.457 e. The summed E-state index contributed by atoms with van der Waals surface area (Å²) in [6.45, 7) is 43.0. The topological polar surface area (TPSA) is 21.6 Å². The molecule has 0 aromatic heterocycles. The first-order chi connectivity index (χ1) is 28.0. The van der Waals surface area contributed by atoms with Crippen LogP contribution in [0.5, 0.6) is 0 Å². The van der Waals surface area contributed by atoms with Crippen molar-refractivity contribution in [2.75, 3.05) is 0 Å². The number of fused-ring (bicyclic) bond motifs is 3. The molecule has 0 atom stereocenters. The fraction of sp³-hybridized carbons (Fsp3) is 0.268. The summed E-state index contributed by atoms with van der Waals surface area (Å²) in [6, 6.07) is 11.3. The zero-order valence-corrected chi connectivity index (χ0v) is 38.2. The van der Waals surface area contributed by atoms with Crippen molar-refractivity contribution in [2.24, 2.45) is 16.3 Å². The lowest BCUT2D eigenvalue weighted by molar-refractivity contribution is 0.323. The van der Waals surface area contributed by atoms with Gasteiger partial charge in [0, 0.05) is 49.1 Å². The minimum atomic E-state index is -0.311. The van der Waals surface area contributed by atoms with E-state index in [4.69, 9.17) is 9.73 Å². The molecule has 59 heavy (non-hydrogen) atoms. The first-order valence-corrected chi connectivity index (χ1v) is 21.5. The maximum Gasteiger partial charge on any atom is 0.134 e. The molecule has 3 aliphatic rings. The number of hydrogen-bond acceptors (Lipinski definition) is 3. The Labute approximate surface area is 361 Å². The predicted octanol–water partition coefficient (Wildman–Crippen LogP) is 16.5. The quantitative estimate of drug-likeness (QED) is 0.136. The second-order valence-corrected chi connectivity index (χ2v) is 17.9. The highest BCUT2D eigenvalue weighted by Gasteiger charge is 2.38. The molecular weight excluding hydrogens is 735 g/mol. The first-order valence-electron chi connectivity index (χ1n) is 20.7. The summed E-state index contributed by atoms with van der Waals surface area (Å²) in [4.78, 5) is 7.46. The van der Waals surface area contributed by atoms with Crippen LogP contribution in [0.3, 0.4) is 0 Å². The molecule has 306 valence electrons. The van der Waals surface area contributed by atoms with Crippen LogP contribution in [0, 0.1) is 18.3 Å². The van der Waals surface area contributed by atoms with E-state index in [1.165, 1.54) is 43.2 Å². The second-order valence-electron chi connectivity index (χ2n) is 16.8. The molecular formula is C56H65NOS. The Morgan fingerprint density at radius 3 is 2.27 bits per heavy atom. The Balaban J connectivity index is 0.00000184. The molecule has 0 saturated heterocycles. The molecule has 0 amide bonds. The van der Waals surface area contributed by atoms with Crippen molar-refractivity contribution in [2.45, 2.75) is 92.4 Å². The van der Waals surface area contributed by atoms with Gasteiger partial charge in [0.2, 0.25) is 0 Å². The third kappa shape index (κ3) is 11.0. The van der Waals surface area contributed by atoms with Gasteiger partial charge >= 0.3 is 0 Å². The number of thioether (sulfide) groups is 1. The van der Waals surface area contributed by atoms with Crippen LogP contribution >= 0.6 is 11.8 Å². The Hall–Kier alpha value is -5.38. The van der Waals surface area contributed by atoms with E-state index >= 15 is 0 Å². The number of hydrogen-bond donors (Lipinski definition) is 0. The maximum atomic E-state index is 6.48. The standard InChI is InChI=1S/C52H55NOS.C4H10/c1-13-16-26-48(35(4)15-3)55-50-37(6)28-32-44-49(50)42-30-29-40(34-45(42)52(44,11)12)46(53-33-17-14-2)24-21-25-47-36(5)27-31-43-41(39(8)54-47)23-20-18-19-22-38(7)51(43,9)10;1-4(2)3/h13-14,16-22,24-34H,1-2,5,7-8,15,23H2,3-4,6,9-12H3;4H,1-3H3/b20-18-,22-19-,24-21+,26-16-,31-27-,33-17-,43-41+,47-25-,48-35-,53-46+;. The van der Waals surface area contributed by atoms with Crippen molar-refractivity contribution in [1.82, 2.24) is 0 Å². The van der Waals surface area contributed by atoms with Crippen molar-refractivity contribution in [3.63, 3.8) is 0 Å². The van der Waals surface area contributed by atoms with Gasteiger partial charge in [0.15, 0.2) is 0 Å². The fourth-order valence-electron chi connectivity index (χ4n) is 7.06. The molecule has 0 unspecified atom stereocenters. The van der Waals surface area contributed by atoms with E-state index in [0.29, 0.717) is 17.9 Å². The van der Waals surface area contributed by atoms with Gasteiger partial charge in [-0.15, -0.1) is 0 Å². The number of allylic oxidation sites excluding steroid dienone is 18. The van der Waals surface area contributed by atoms with Crippen molar-refractivity contribution in [3.05, 3.63) is 221 Å². The number of benzene rings is 2. The minimum absolute atomic E-state index is 0.203. The van der Waals surface area contributed by atoms with Gasteiger partial charge in [-0.05, 0) is 96.4 Å². The number of ether oxygens (including phenoxy) is 1. The summed E-state index contributed by atoms with van der Waals surface area (Å²) >= 11 is 1.86. The first kappa shape index (κ1) is 46.3. The van der Waals surface area contributed by atoms with E-state index in [0.717, 1.165) is 45.9 Å². The Bertz CT molecular complexity index is 2310. The summed E-state index contributed by atoms with van der Waals surface area (Å²) in [5, 5.41) is 0. The smallest absolute Gasteiger partial charge is 0.134 e. The van der Waals surface area contributed by atoms with E-state index in [1.807, 2.05) is 60.4 Å². The van der Waals surface area contributed by atoms with Crippen LogP contribution in [0.25, 0.3) is 11.1 Å². The molecule has 2 aromatic carbocycles. The summed E-state index contributed by atoms with van der Waals surface area (Å²) in [5.74, 6) is 2.07. The summed E-state index contributed by atoms with van der Waals surface area (Å²) in [6.07, 6.45) is 31.5. The second kappa shape index (κ2) is 20.5. The third-order valence-corrected chi connectivity index (χ3v) is 12.2. The largest absolute Gasteiger partial charge is 0.457 e. The Morgan fingerprint density at radius 2 is 1.59 bits per heavy atom. The molecule has 2 aliphatic carbocycles. The summed E-state index contributed by atoms with van der Waals surface area (Å²) in [7, 11) is 0. The lowest BCUT2D eigenvalue weighted by Gasteiger charge is -2.31. The average Bonchev–Trinajstić information content (AvgIpc) is 3.44. The van der Waals surface area contributed by atoms with Crippen molar-refractivity contribution >= 4 is 17.5 Å².